The van der Waals surface area contributed by atoms with Crippen LogP contribution in [0.15, 0.2) is 89.3 Å². The van der Waals surface area contributed by atoms with E-state index in [2.05, 4.69) is 10.3 Å². The van der Waals surface area contributed by atoms with Crippen LogP contribution in [0.25, 0.3) is 33.3 Å². The first-order chi connectivity index (χ1) is 17.0. The number of hydrogen-bond acceptors (Lipinski definition) is 6. The number of carbonyl (C=O) groups is 2. The van der Waals surface area contributed by atoms with Crippen molar-refractivity contribution in [1.82, 2.24) is 4.98 Å². The van der Waals surface area contributed by atoms with E-state index in [9.17, 15) is 9.59 Å². The molecule has 0 fully saturated rings. The number of nitrogens with one attached hydrogen (secondary N) is 1. The summed E-state index contributed by atoms with van der Waals surface area (Å²) in [5.41, 5.74) is 2.85. The van der Waals surface area contributed by atoms with E-state index < -0.39 is 18.0 Å². The number of rotatable bonds is 6. The number of aromatic nitrogens is 1. The lowest BCUT2D eigenvalue weighted by Crippen LogP contribution is -2.30. The molecule has 0 aliphatic rings. The fraction of sp³-hybridized carbons (Fsp3) is 0.107. The first-order valence-corrected chi connectivity index (χ1v) is 11.1. The molecule has 1 aromatic heterocycles. The van der Waals surface area contributed by atoms with E-state index in [1.807, 2.05) is 48.5 Å². The van der Waals surface area contributed by atoms with Crippen molar-refractivity contribution in [3.8, 4) is 17.2 Å². The predicted molar refractivity (Wildman–Crippen MR) is 133 cm³/mol. The van der Waals surface area contributed by atoms with Gasteiger partial charge in [-0.2, -0.15) is 0 Å². The average Bonchev–Trinajstić information content (AvgIpc) is 3.32. The fourth-order valence-corrected chi connectivity index (χ4v) is 3.94. The molecule has 0 radical (unpaired) electrons. The number of oxazole rings is 1. The Balaban J connectivity index is 1.45. The number of fused-ring (bicyclic) bond motifs is 2. The number of amides is 1. The molecule has 0 aliphatic heterocycles. The van der Waals surface area contributed by atoms with Crippen molar-refractivity contribution >= 4 is 39.4 Å². The van der Waals surface area contributed by atoms with Gasteiger partial charge in [-0.15, -0.1) is 0 Å². The zero-order valence-electron chi connectivity index (χ0n) is 19.1. The molecule has 4 aromatic carbocycles. The van der Waals surface area contributed by atoms with Gasteiger partial charge in [-0.1, -0.05) is 48.5 Å². The maximum Gasteiger partial charge on any atom is 0.339 e. The van der Waals surface area contributed by atoms with Crippen LogP contribution in [0.5, 0.6) is 5.75 Å². The third-order valence-electron chi connectivity index (χ3n) is 5.67. The number of hydrogen-bond donors (Lipinski definition) is 1. The summed E-state index contributed by atoms with van der Waals surface area (Å²) in [4.78, 5) is 30.5. The Morgan fingerprint density at radius 3 is 2.46 bits per heavy atom. The lowest BCUT2D eigenvalue weighted by atomic mass is 9.99. The predicted octanol–water partition coefficient (Wildman–Crippen LogP) is 5.84. The molecule has 1 amide bonds. The second-order valence-electron chi connectivity index (χ2n) is 7.93. The van der Waals surface area contributed by atoms with Gasteiger partial charge in [-0.3, -0.25) is 4.79 Å². The molecule has 0 spiro atoms. The maximum absolute atomic E-state index is 13.2. The lowest BCUT2D eigenvalue weighted by Gasteiger charge is -2.16. The van der Waals surface area contributed by atoms with Crippen LogP contribution in [0, 0.1) is 0 Å². The molecule has 7 heteroatoms. The molecule has 174 valence electrons. The minimum Gasteiger partial charge on any atom is -0.495 e. The van der Waals surface area contributed by atoms with Crippen molar-refractivity contribution < 1.29 is 23.5 Å². The van der Waals surface area contributed by atoms with Crippen LogP contribution in [0.1, 0.15) is 17.3 Å². The first kappa shape index (κ1) is 22.2. The first-order valence-electron chi connectivity index (χ1n) is 11.1. The molecule has 1 heterocycles. The van der Waals surface area contributed by atoms with Gasteiger partial charge in [0.15, 0.2) is 11.7 Å². The Morgan fingerprint density at radius 2 is 1.66 bits per heavy atom. The molecular formula is C28H22N2O5. The summed E-state index contributed by atoms with van der Waals surface area (Å²) in [5.74, 6) is -0.181. The van der Waals surface area contributed by atoms with E-state index in [0.29, 0.717) is 39.4 Å². The van der Waals surface area contributed by atoms with Crippen LogP contribution in [0.2, 0.25) is 0 Å². The Labute approximate surface area is 201 Å². The van der Waals surface area contributed by atoms with Crippen LogP contribution in [-0.4, -0.2) is 30.1 Å². The molecule has 7 nitrogen and oxygen atoms in total. The number of methoxy groups -OCH3 is 1. The molecule has 0 bridgehead atoms. The van der Waals surface area contributed by atoms with Crippen molar-refractivity contribution in [2.75, 3.05) is 12.4 Å². The third-order valence-corrected chi connectivity index (χ3v) is 5.67. The topological polar surface area (TPSA) is 90.7 Å². The minimum atomic E-state index is -1.04. The Morgan fingerprint density at radius 1 is 0.914 bits per heavy atom. The van der Waals surface area contributed by atoms with E-state index in [1.165, 1.54) is 14.0 Å². The number of benzene rings is 4. The molecule has 1 unspecified atom stereocenters. The van der Waals surface area contributed by atoms with Crippen LogP contribution in [0.4, 0.5) is 5.69 Å². The summed E-state index contributed by atoms with van der Waals surface area (Å²) >= 11 is 0. The highest BCUT2D eigenvalue weighted by Crippen LogP contribution is 2.33. The van der Waals surface area contributed by atoms with Gasteiger partial charge in [-0.05, 0) is 48.7 Å². The van der Waals surface area contributed by atoms with Gasteiger partial charge in [0.1, 0.15) is 11.3 Å². The summed E-state index contributed by atoms with van der Waals surface area (Å²) in [6, 6.07) is 25.5. The lowest BCUT2D eigenvalue weighted by molar-refractivity contribution is -0.123. The summed E-state index contributed by atoms with van der Waals surface area (Å²) in [6.45, 7) is 1.52. The smallest absolute Gasteiger partial charge is 0.339 e. The summed E-state index contributed by atoms with van der Waals surface area (Å²) in [6.07, 6.45) is -1.04. The van der Waals surface area contributed by atoms with Gasteiger partial charge in [0.05, 0.1) is 18.4 Å². The molecule has 35 heavy (non-hydrogen) atoms. The minimum absolute atomic E-state index is 0.317. The highest BCUT2D eigenvalue weighted by atomic mass is 16.5. The number of anilines is 1. The van der Waals surface area contributed by atoms with Crippen molar-refractivity contribution in [1.29, 1.82) is 0 Å². The van der Waals surface area contributed by atoms with Gasteiger partial charge >= 0.3 is 5.97 Å². The van der Waals surface area contributed by atoms with E-state index in [1.54, 1.807) is 36.4 Å². The standard InChI is InChI=1S/C28H22N2O5/c1-17(26(31)29-21-13-3-5-15-23(21)33-2)34-28(32)20-12-8-10-18-9-7-11-19(25(18)20)27-30-22-14-4-6-16-24(22)35-27/h3-17H,1-2H3,(H,29,31). The molecule has 0 saturated heterocycles. The van der Waals surface area contributed by atoms with Crippen molar-refractivity contribution in [3.63, 3.8) is 0 Å². The monoisotopic (exact) mass is 466 g/mol. The number of para-hydroxylation sites is 4. The van der Waals surface area contributed by atoms with E-state index in [0.717, 1.165) is 10.9 Å². The van der Waals surface area contributed by atoms with E-state index >= 15 is 0 Å². The highest BCUT2D eigenvalue weighted by Gasteiger charge is 2.23. The zero-order valence-corrected chi connectivity index (χ0v) is 19.1. The van der Waals surface area contributed by atoms with E-state index in [4.69, 9.17) is 13.9 Å². The van der Waals surface area contributed by atoms with Crippen LogP contribution in [-0.2, 0) is 9.53 Å². The van der Waals surface area contributed by atoms with Gasteiger partial charge in [0.25, 0.3) is 5.91 Å². The van der Waals surface area contributed by atoms with Crippen LogP contribution >= 0.6 is 0 Å². The normalized spacial score (nSPS) is 11.8. The van der Waals surface area contributed by atoms with Crippen LogP contribution < -0.4 is 10.1 Å². The van der Waals surface area contributed by atoms with Crippen molar-refractivity contribution in [3.05, 3.63) is 90.5 Å². The second-order valence-corrected chi connectivity index (χ2v) is 7.93. The molecule has 5 aromatic rings. The number of esters is 1. The van der Waals surface area contributed by atoms with Gasteiger partial charge in [-0.25, -0.2) is 9.78 Å². The molecule has 1 atom stereocenters. The summed E-state index contributed by atoms with van der Waals surface area (Å²) in [7, 11) is 1.52. The van der Waals surface area contributed by atoms with Gasteiger partial charge in [0.2, 0.25) is 5.89 Å². The third kappa shape index (κ3) is 4.31. The van der Waals surface area contributed by atoms with Crippen molar-refractivity contribution in [2.24, 2.45) is 0 Å². The van der Waals surface area contributed by atoms with E-state index in [-0.39, 0.29) is 0 Å². The largest absolute Gasteiger partial charge is 0.495 e. The Bertz CT molecular complexity index is 1520. The second kappa shape index (κ2) is 9.30. The summed E-state index contributed by atoms with van der Waals surface area (Å²) < 4.78 is 16.8. The fourth-order valence-electron chi connectivity index (χ4n) is 3.94. The average molecular weight is 466 g/mol. The molecule has 0 aliphatic carbocycles. The van der Waals surface area contributed by atoms with Crippen molar-refractivity contribution in [2.45, 2.75) is 13.0 Å². The van der Waals surface area contributed by atoms with Gasteiger partial charge in [0, 0.05) is 10.9 Å². The van der Waals surface area contributed by atoms with Crippen LogP contribution in [0.3, 0.4) is 0 Å². The van der Waals surface area contributed by atoms with Gasteiger partial charge < -0.3 is 19.2 Å². The number of carbonyl (C=O) groups excluding carboxylic acids is 2. The Kier molecular flexibility index (Phi) is 5.89. The molecule has 1 N–H and O–H groups in total. The molecular weight excluding hydrogens is 444 g/mol. The summed E-state index contributed by atoms with van der Waals surface area (Å²) in [5, 5.41) is 4.21. The zero-order chi connectivity index (χ0) is 24.4. The quantitative estimate of drug-likeness (QED) is 0.316. The maximum atomic E-state index is 13.2. The Hall–Kier alpha value is -4.65. The SMILES string of the molecule is COc1ccccc1NC(=O)C(C)OC(=O)c1cccc2cccc(-c3nc4ccccc4o3)c12. The number of nitrogens with zero attached hydrogens (tertiary/aromatic N) is 1. The molecule has 0 saturated carbocycles. The highest BCUT2D eigenvalue weighted by molar-refractivity contribution is 6.10. The number of ether oxygens (including phenoxy) is 2. The molecule has 5 rings (SSSR count).